The van der Waals surface area contributed by atoms with Crippen LogP contribution >= 0.6 is 0 Å². The van der Waals surface area contributed by atoms with Gasteiger partial charge in [-0.05, 0) is 44.7 Å². The highest BCUT2D eigenvalue weighted by atomic mass is 16.6. The van der Waals surface area contributed by atoms with Crippen LogP contribution in [0.4, 0.5) is 5.69 Å². The molecular weight excluding hydrogens is 256 g/mol. The zero-order valence-corrected chi connectivity index (χ0v) is 11.9. The van der Waals surface area contributed by atoms with Gasteiger partial charge in [0.05, 0.1) is 11.0 Å². The number of ether oxygens (including phenoxy) is 1. The van der Waals surface area contributed by atoms with E-state index in [2.05, 4.69) is 12.2 Å². The van der Waals surface area contributed by atoms with Gasteiger partial charge in [-0.25, -0.2) is 0 Å². The Bertz CT molecular complexity index is 427. The quantitative estimate of drug-likeness (QED) is 0.641. The van der Waals surface area contributed by atoms with Crippen LogP contribution in [0.3, 0.4) is 0 Å². The highest BCUT2D eigenvalue weighted by molar-refractivity contribution is 5.33. The number of nitrogens with zero attached hydrogens (tertiary/aromatic N) is 1. The van der Waals surface area contributed by atoms with Gasteiger partial charge in [0.1, 0.15) is 0 Å². The molecule has 20 heavy (non-hydrogen) atoms. The summed E-state index contributed by atoms with van der Waals surface area (Å²) in [6.07, 6.45) is 5.02. The molecule has 5 heteroatoms. The molecule has 0 bridgehead atoms. The van der Waals surface area contributed by atoms with E-state index in [4.69, 9.17) is 4.74 Å². The Morgan fingerprint density at radius 3 is 2.75 bits per heavy atom. The van der Waals surface area contributed by atoms with Crippen molar-refractivity contribution in [3.8, 4) is 0 Å². The molecule has 110 valence electrons. The minimum atomic E-state index is -0.373. The van der Waals surface area contributed by atoms with Gasteiger partial charge >= 0.3 is 0 Å². The molecule has 0 saturated carbocycles. The lowest BCUT2D eigenvalue weighted by Crippen LogP contribution is -2.27. The lowest BCUT2D eigenvalue weighted by Gasteiger charge is -2.23. The van der Waals surface area contributed by atoms with Crippen LogP contribution in [-0.4, -0.2) is 24.2 Å². The van der Waals surface area contributed by atoms with Crippen LogP contribution in [0.5, 0.6) is 0 Å². The molecule has 2 atom stereocenters. The number of nitro benzene ring substituents is 1. The molecule has 0 aromatic heterocycles. The number of nitro groups is 1. The maximum Gasteiger partial charge on any atom is 0.269 e. The predicted octanol–water partition coefficient (Wildman–Crippen LogP) is 3.20. The fourth-order valence-electron chi connectivity index (χ4n) is 2.50. The third kappa shape index (κ3) is 4.28. The maximum atomic E-state index is 10.6. The second-order valence-electron chi connectivity index (χ2n) is 5.30. The van der Waals surface area contributed by atoms with Gasteiger partial charge in [-0.15, -0.1) is 0 Å². The highest BCUT2D eigenvalue weighted by Gasteiger charge is 2.14. The number of rotatable bonds is 6. The zero-order valence-electron chi connectivity index (χ0n) is 11.9. The Labute approximate surface area is 119 Å². The number of non-ortho nitro benzene ring substituents is 1. The minimum absolute atomic E-state index is 0.136. The van der Waals surface area contributed by atoms with E-state index in [9.17, 15) is 10.1 Å². The van der Waals surface area contributed by atoms with E-state index in [0.29, 0.717) is 6.10 Å². The summed E-state index contributed by atoms with van der Waals surface area (Å²) in [4.78, 5) is 10.2. The van der Waals surface area contributed by atoms with Crippen molar-refractivity contribution in [2.24, 2.45) is 0 Å². The van der Waals surface area contributed by atoms with Gasteiger partial charge in [-0.3, -0.25) is 10.1 Å². The Morgan fingerprint density at radius 2 is 2.15 bits per heavy atom. The van der Waals surface area contributed by atoms with Gasteiger partial charge in [-0.2, -0.15) is 0 Å². The zero-order chi connectivity index (χ0) is 14.4. The molecule has 2 unspecified atom stereocenters. The first-order valence-electron chi connectivity index (χ1n) is 7.26. The summed E-state index contributed by atoms with van der Waals surface area (Å²) in [5, 5.41) is 14.1. The molecule has 1 saturated heterocycles. The van der Waals surface area contributed by atoms with Gasteiger partial charge < -0.3 is 10.1 Å². The summed E-state index contributed by atoms with van der Waals surface area (Å²) in [6.45, 7) is 3.87. The summed E-state index contributed by atoms with van der Waals surface area (Å²) in [7, 11) is 0. The van der Waals surface area contributed by atoms with E-state index >= 15 is 0 Å². The predicted molar refractivity (Wildman–Crippen MR) is 77.7 cm³/mol. The largest absolute Gasteiger partial charge is 0.378 e. The molecule has 1 fully saturated rings. The second kappa shape index (κ2) is 7.36. The lowest BCUT2D eigenvalue weighted by atomic mass is 10.1. The number of benzene rings is 1. The molecule has 5 nitrogen and oxygen atoms in total. The van der Waals surface area contributed by atoms with Crippen LogP contribution in [0.1, 0.15) is 44.2 Å². The first-order valence-corrected chi connectivity index (χ1v) is 7.26. The Balaban J connectivity index is 1.76. The van der Waals surface area contributed by atoms with Crippen LogP contribution < -0.4 is 5.32 Å². The maximum absolute atomic E-state index is 10.6. The van der Waals surface area contributed by atoms with Crippen molar-refractivity contribution in [1.29, 1.82) is 0 Å². The monoisotopic (exact) mass is 278 g/mol. The van der Waals surface area contributed by atoms with Crippen molar-refractivity contribution >= 4 is 5.69 Å². The van der Waals surface area contributed by atoms with E-state index < -0.39 is 0 Å². The van der Waals surface area contributed by atoms with Crippen LogP contribution in [0, 0.1) is 10.1 Å². The van der Waals surface area contributed by atoms with Crippen molar-refractivity contribution in [2.45, 2.75) is 44.8 Å². The van der Waals surface area contributed by atoms with Gasteiger partial charge in [0.15, 0.2) is 0 Å². The standard InChI is InChI=1S/C15H22N2O3/c1-12(13-5-7-14(8-6-13)17(18)19)16-10-9-15-4-2-3-11-20-15/h5-8,12,15-16H,2-4,9-11H2,1H3. The average Bonchev–Trinajstić information content (AvgIpc) is 2.48. The van der Waals surface area contributed by atoms with Crippen LogP contribution in [0.25, 0.3) is 0 Å². The first-order chi connectivity index (χ1) is 9.66. The minimum Gasteiger partial charge on any atom is -0.378 e. The van der Waals surface area contributed by atoms with Crippen LogP contribution in [-0.2, 0) is 4.74 Å². The summed E-state index contributed by atoms with van der Waals surface area (Å²) in [5.41, 5.74) is 1.21. The second-order valence-corrected chi connectivity index (χ2v) is 5.30. The fraction of sp³-hybridized carbons (Fsp3) is 0.600. The van der Waals surface area contributed by atoms with Crippen molar-refractivity contribution < 1.29 is 9.66 Å². The molecule has 0 aliphatic carbocycles. The Morgan fingerprint density at radius 1 is 1.40 bits per heavy atom. The van der Waals surface area contributed by atoms with Crippen LogP contribution in [0.15, 0.2) is 24.3 Å². The van der Waals surface area contributed by atoms with Crippen LogP contribution in [0.2, 0.25) is 0 Å². The molecule has 1 aliphatic heterocycles. The molecule has 0 radical (unpaired) electrons. The van der Waals surface area contributed by atoms with Gasteiger partial charge in [0.25, 0.3) is 5.69 Å². The number of nitrogens with one attached hydrogen (secondary N) is 1. The van der Waals surface area contributed by atoms with Crippen molar-refractivity contribution in [2.75, 3.05) is 13.2 Å². The number of hydrogen-bond donors (Lipinski definition) is 1. The molecule has 1 aliphatic rings. The lowest BCUT2D eigenvalue weighted by molar-refractivity contribution is -0.384. The molecule has 1 N–H and O–H groups in total. The molecular formula is C15H22N2O3. The van der Waals surface area contributed by atoms with E-state index in [-0.39, 0.29) is 16.7 Å². The van der Waals surface area contributed by atoms with Gasteiger partial charge in [0.2, 0.25) is 0 Å². The first kappa shape index (κ1) is 14.9. The summed E-state index contributed by atoms with van der Waals surface area (Å²) in [6, 6.07) is 6.93. The normalized spacial score (nSPS) is 20.6. The Hall–Kier alpha value is -1.46. The van der Waals surface area contributed by atoms with Gasteiger partial charge in [0, 0.05) is 24.8 Å². The third-order valence-corrected chi connectivity index (χ3v) is 3.79. The van der Waals surface area contributed by atoms with Crippen molar-refractivity contribution in [1.82, 2.24) is 5.32 Å². The van der Waals surface area contributed by atoms with Gasteiger partial charge in [-0.1, -0.05) is 12.1 Å². The smallest absolute Gasteiger partial charge is 0.269 e. The molecule has 0 spiro atoms. The molecule has 1 heterocycles. The summed E-state index contributed by atoms with van der Waals surface area (Å²) < 4.78 is 5.69. The Kier molecular flexibility index (Phi) is 5.49. The van der Waals surface area contributed by atoms with E-state index in [1.165, 1.54) is 12.8 Å². The molecule has 1 aromatic carbocycles. The van der Waals surface area contributed by atoms with Crippen molar-refractivity contribution in [3.63, 3.8) is 0 Å². The SMILES string of the molecule is CC(NCCC1CCCCO1)c1ccc([N+](=O)[O-])cc1. The van der Waals surface area contributed by atoms with E-state index in [0.717, 1.165) is 31.6 Å². The number of hydrogen-bond acceptors (Lipinski definition) is 4. The summed E-state index contributed by atoms with van der Waals surface area (Å²) in [5.74, 6) is 0. The fourth-order valence-corrected chi connectivity index (χ4v) is 2.50. The van der Waals surface area contributed by atoms with Crippen molar-refractivity contribution in [3.05, 3.63) is 39.9 Å². The summed E-state index contributed by atoms with van der Waals surface area (Å²) >= 11 is 0. The van der Waals surface area contributed by atoms with E-state index in [1.807, 2.05) is 12.1 Å². The molecule has 1 aromatic rings. The highest BCUT2D eigenvalue weighted by Crippen LogP contribution is 2.18. The third-order valence-electron chi connectivity index (χ3n) is 3.79. The molecule has 2 rings (SSSR count). The molecule has 0 amide bonds. The van der Waals surface area contributed by atoms with E-state index in [1.54, 1.807) is 12.1 Å². The average molecular weight is 278 g/mol. The topological polar surface area (TPSA) is 64.4 Å².